The summed E-state index contributed by atoms with van der Waals surface area (Å²) in [5.41, 5.74) is 7.54. The number of nitrogens with zero attached hydrogens (tertiary/aromatic N) is 4. The molecule has 1 aliphatic heterocycles. The van der Waals surface area contributed by atoms with E-state index in [0.717, 1.165) is 42.2 Å². The third kappa shape index (κ3) is 2.94. The van der Waals surface area contributed by atoms with Crippen molar-refractivity contribution in [2.75, 3.05) is 6.54 Å². The Balaban J connectivity index is 1.57. The van der Waals surface area contributed by atoms with Crippen LogP contribution in [0.4, 0.5) is 0 Å². The minimum atomic E-state index is -0.196. The second-order valence-electron chi connectivity index (χ2n) is 6.77. The summed E-state index contributed by atoms with van der Waals surface area (Å²) in [7, 11) is 0. The molecule has 3 aromatic heterocycles. The van der Waals surface area contributed by atoms with E-state index in [9.17, 15) is 4.79 Å². The molecule has 7 heteroatoms. The van der Waals surface area contributed by atoms with Gasteiger partial charge in [0.15, 0.2) is 11.3 Å². The fraction of sp³-hybridized carbons (Fsp3) is 0.368. The Kier molecular flexibility index (Phi) is 4.16. The summed E-state index contributed by atoms with van der Waals surface area (Å²) in [6.45, 7) is 8.12. The van der Waals surface area contributed by atoms with Crippen molar-refractivity contribution < 1.29 is 4.79 Å². The highest BCUT2D eigenvalue weighted by molar-refractivity contribution is 5.93. The lowest BCUT2D eigenvalue weighted by atomic mass is 9.96. The molecule has 134 valence electrons. The highest BCUT2D eigenvalue weighted by Crippen LogP contribution is 2.20. The average Bonchev–Trinajstić information content (AvgIpc) is 3.05. The Morgan fingerprint density at radius 1 is 1.31 bits per heavy atom. The molecule has 0 atom stereocenters. The SMILES string of the molecule is Cc1cc(C)n2nc(C(=O)NCc3c(C)ncc4c3CCNC4)cc2n1. The number of amides is 1. The zero-order chi connectivity index (χ0) is 18.3. The summed E-state index contributed by atoms with van der Waals surface area (Å²) in [5.74, 6) is -0.196. The molecule has 1 aliphatic rings. The molecule has 3 aromatic rings. The van der Waals surface area contributed by atoms with Crippen LogP contribution < -0.4 is 10.6 Å². The van der Waals surface area contributed by atoms with Gasteiger partial charge in [-0.25, -0.2) is 9.50 Å². The van der Waals surface area contributed by atoms with E-state index in [1.54, 1.807) is 10.6 Å². The average molecular weight is 350 g/mol. The monoisotopic (exact) mass is 350 g/mol. The van der Waals surface area contributed by atoms with Gasteiger partial charge in [-0.2, -0.15) is 5.10 Å². The van der Waals surface area contributed by atoms with E-state index >= 15 is 0 Å². The number of aryl methyl sites for hydroxylation is 3. The van der Waals surface area contributed by atoms with Crippen LogP contribution in [0.25, 0.3) is 5.65 Å². The molecule has 0 saturated carbocycles. The van der Waals surface area contributed by atoms with Crippen LogP contribution in [0, 0.1) is 20.8 Å². The quantitative estimate of drug-likeness (QED) is 0.750. The molecule has 0 radical (unpaired) electrons. The van der Waals surface area contributed by atoms with E-state index in [1.807, 2.05) is 33.0 Å². The molecule has 0 bridgehead atoms. The van der Waals surface area contributed by atoms with Crippen LogP contribution in [0.15, 0.2) is 18.3 Å². The molecule has 0 aliphatic carbocycles. The van der Waals surface area contributed by atoms with Gasteiger partial charge in [0.1, 0.15) is 0 Å². The molecule has 0 aromatic carbocycles. The molecular formula is C19H22N6O. The number of nitrogens with one attached hydrogen (secondary N) is 2. The lowest BCUT2D eigenvalue weighted by Gasteiger charge is -2.21. The highest BCUT2D eigenvalue weighted by Gasteiger charge is 2.18. The molecule has 4 heterocycles. The van der Waals surface area contributed by atoms with Gasteiger partial charge in [0.25, 0.3) is 5.91 Å². The third-order valence-corrected chi connectivity index (χ3v) is 4.86. The predicted octanol–water partition coefficient (Wildman–Crippen LogP) is 1.63. The van der Waals surface area contributed by atoms with Crippen molar-refractivity contribution in [3.05, 3.63) is 57.8 Å². The number of carbonyl (C=O) groups is 1. The Hall–Kier alpha value is -2.80. The van der Waals surface area contributed by atoms with E-state index in [-0.39, 0.29) is 5.91 Å². The normalized spacial score (nSPS) is 13.7. The molecule has 7 nitrogen and oxygen atoms in total. The van der Waals surface area contributed by atoms with E-state index in [2.05, 4.69) is 25.7 Å². The van der Waals surface area contributed by atoms with Crippen molar-refractivity contribution in [3.63, 3.8) is 0 Å². The van der Waals surface area contributed by atoms with Crippen molar-refractivity contribution in [1.82, 2.24) is 30.2 Å². The summed E-state index contributed by atoms with van der Waals surface area (Å²) in [6.07, 6.45) is 2.89. The third-order valence-electron chi connectivity index (χ3n) is 4.86. The molecule has 0 spiro atoms. The minimum Gasteiger partial charge on any atom is -0.346 e. The maximum atomic E-state index is 12.6. The van der Waals surface area contributed by atoms with Gasteiger partial charge in [0, 0.05) is 42.4 Å². The van der Waals surface area contributed by atoms with Gasteiger partial charge < -0.3 is 10.6 Å². The highest BCUT2D eigenvalue weighted by atomic mass is 16.1. The Labute approximate surface area is 151 Å². The Morgan fingerprint density at radius 2 is 2.15 bits per heavy atom. The molecule has 0 unspecified atom stereocenters. The van der Waals surface area contributed by atoms with Crippen molar-refractivity contribution in [2.45, 2.75) is 40.3 Å². The Morgan fingerprint density at radius 3 is 3.00 bits per heavy atom. The summed E-state index contributed by atoms with van der Waals surface area (Å²) in [5, 5.41) is 10.7. The van der Waals surface area contributed by atoms with Crippen molar-refractivity contribution in [1.29, 1.82) is 0 Å². The van der Waals surface area contributed by atoms with Crippen LogP contribution in [0.1, 0.15) is 44.3 Å². The molecule has 26 heavy (non-hydrogen) atoms. The molecular weight excluding hydrogens is 328 g/mol. The summed E-state index contributed by atoms with van der Waals surface area (Å²) in [6, 6.07) is 3.67. The van der Waals surface area contributed by atoms with E-state index < -0.39 is 0 Å². The maximum Gasteiger partial charge on any atom is 0.272 e. The van der Waals surface area contributed by atoms with Gasteiger partial charge in [0.05, 0.1) is 0 Å². The van der Waals surface area contributed by atoms with Crippen LogP contribution >= 0.6 is 0 Å². The number of fused-ring (bicyclic) bond motifs is 2. The van der Waals surface area contributed by atoms with E-state index in [0.29, 0.717) is 17.9 Å². The lowest BCUT2D eigenvalue weighted by molar-refractivity contribution is 0.0945. The number of aromatic nitrogens is 4. The zero-order valence-corrected chi connectivity index (χ0v) is 15.3. The summed E-state index contributed by atoms with van der Waals surface area (Å²) >= 11 is 0. The zero-order valence-electron chi connectivity index (χ0n) is 15.3. The van der Waals surface area contributed by atoms with Gasteiger partial charge in [-0.3, -0.25) is 9.78 Å². The van der Waals surface area contributed by atoms with Gasteiger partial charge >= 0.3 is 0 Å². The second-order valence-corrected chi connectivity index (χ2v) is 6.77. The number of rotatable bonds is 3. The van der Waals surface area contributed by atoms with E-state index in [1.165, 1.54) is 11.1 Å². The number of hydrogen-bond donors (Lipinski definition) is 2. The fourth-order valence-electron chi connectivity index (χ4n) is 3.53. The van der Waals surface area contributed by atoms with Crippen LogP contribution in [0.5, 0.6) is 0 Å². The molecule has 0 fully saturated rings. The fourth-order valence-corrected chi connectivity index (χ4v) is 3.53. The van der Waals surface area contributed by atoms with Gasteiger partial charge in [0.2, 0.25) is 0 Å². The van der Waals surface area contributed by atoms with E-state index in [4.69, 9.17) is 0 Å². The first kappa shape index (κ1) is 16.7. The number of carbonyl (C=O) groups excluding carboxylic acids is 1. The van der Waals surface area contributed by atoms with Crippen LogP contribution in [0.2, 0.25) is 0 Å². The van der Waals surface area contributed by atoms with Crippen LogP contribution in [-0.4, -0.2) is 32.0 Å². The van der Waals surface area contributed by atoms with Gasteiger partial charge in [-0.1, -0.05) is 0 Å². The maximum absolute atomic E-state index is 12.6. The number of pyridine rings is 1. The number of hydrogen-bond acceptors (Lipinski definition) is 5. The molecule has 2 N–H and O–H groups in total. The first-order valence-electron chi connectivity index (χ1n) is 8.82. The molecule has 1 amide bonds. The Bertz CT molecular complexity index is 1010. The largest absolute Gasteiger partial charge is 0.346 e. The standard InChI is InChI=1S/C19H22N6O/c1-11-6-12(2)25-18(23-11)7-17(24-25)19(26)22-10-16-13(3)21-9-14-8-20-5-4-15(14)16/h6-7,9,20H,4-5,8,10H2,1-3H3,(H,22,26). The molecule has 4 rings (SSSR count). The summed E-state index contributed by atoms with van der Waals surface area (Å²) in [4.78, 5) is 21.5. The second kappa shape index (κ2) is 6.49. The van der Waals surface area contributed by atoms with Crippen LogP contribution in [0.3, 0.4) is 0 Å². The van der Waals surface area contributed by atoms with Crippen molar-refractivity contribution in [3.8, 4) is 0 Å². The topological polar surface area (TPSA) is 84.2 Å². The first-order chi connectivity index (χ1) is 12.5. The van der Waals surface area contributed by atoms with Gasteiger partial charge in [-0.15, -0.1) is 0 Å². The van der Waals surface area contributed by atoms with Crippen LogP contribution in [-0.2, 0) is 19.5 Å². The lowest BCUT2D eigenvalue weighted by Crippen LogP contribution is -2.29. The first-order valence-corrected chi connectivity index (χ1v) is 8.82. The predicted molar refractivity (Wildman–Crippen MR) is 98.0 cm³/mol. The molecule has 0 saturated heterocycles. The smallest absolute Gasteiger partial charge is 0.272 e. The summed E-state index contributed by atoms with van der Waals surface area (Å²) < 4.78 is 1.70. The van der Waals surface area contributed by atoms with Crippen molar-refractivity contribution >= 4 is 11.6 Å². The van der Waals surface area contributed by atoms with Crippen molar-refractivity contribution in [2.24, 2.45) is 0 Å². The van der Waals surface area contributed by atoms with Gasteiger partial charge in [-0.05, 0) is 56.5 Å². The minimum absolute atomic E-state index is 0.196.